The predicted octanol–water partition coefficient (Wildman–Crippen LogP) is 13.6. The van der Waals surface area contributed by atoms with Crippen molar-refractivity contribution in [3.63, 3.8) is 0 Å². The number of para-hydroxylation sites is 5. The number of benzene rings is 10. The fraction of sp³-hybridized carbons (Fsp3) is 0.0164. The highest BCUT2D eigenvalue weighted by Gasteiger charge is 2.53. The van der Waals surface area contributed by atoms with Gasteiger partial charge >= 0.3 is 0 Å². The molecule has 4 aliphatic rings. The standard InChI is InChI=1S/C61H40BN3/c1-5-20-41(21-6-1)63(42-22-7-2-8-23-42)45-36-37-52-48(38-45)46-28-13-15-30-50(46)61(52)51-31-16-14-29-47(51)49-39-55-59(40-53(49)61)65(44-26-11-4-12-27-44)58-35-19-34-57-60(58)62(55)54-32-17-18-33-56(54)64(57)43-24-9-3-10-25-43/h1-40H. The Morgan fingerprint density at radius 2 is 0.785 bits per heavy atom. The number of hydrogen-bond acceptors (Lipinski definition) is 3. The molecule has 4 heteroatoms. The van der Waals surface area contributed by atoms with Crippen molar-refractivity contribution in [3.05, 3.63) is 265 Å². The summed E-state index contributed by atoms with van der Waals surface area (Å²) in [4.78, 5) is 7.39. The third kappa shape index (κ3) is 4.97. The number of anilines is 9. The Bertz CT molecular complexity index is 3480. The maximum absolute atomic E-state index is 2.58. The van der Waals surface area contributed by atoms with Crippen LogP contribution in [0.25, 0.3) is 22.3 Å². The molecule has 1 unspecified atom stereocenters. The molecule has 10 aromatic carbocycles. The maximum atomic E-state index is 2.58. The smallest absolute Gasteiger partial charge is 0.252 e. The van der Waals surface area contributed by atoms with E-state index in [0.717, 1.165) is 28.4 Å². The van der Waals surface area contributed by atoms with Crippen molar-refractivity contribution >= 4 is 74.3 Å². The van der Waals surface area contributed by atoms with Crippen LogP contribution in [0.4, 0.5) is 51.2 Å². The van der Waals surface area contributed by atoms with Gasteiger partial charge in [0.05, 0.1) is 5.41 Å². The van der Waals surface area contributed by atoms with E-state index >= 15 is 0 Å². The minimum absolute atomic E-state index is 0.0222. The van der Waals surface area contributed by atoms with Crippen molar-refractivity contribution in [2.24, 2.45) is 0 Å². The van der Waals surface area contributed by atoms with Crippen molar-refractivity contribution in [3.8, 4) is 22.3 Å². The molecule has 65 heavy (non-hydrogen) atoms. The van der Waals surface area contributed by atoms with Gasteiger partial charge in [0.25, 0.3) is 6.71 Å². The molecule has 0 saturated heterocycles. The van der Waals surface area contributed by atoms with Crippen molar-refractivity contribution in [2.75, 3.05) is 14.7 Å². The number of hydrogen-bond donors (Lipinski definition) is 0. The minimum Gasteiger partial charge on any atom is -0.311 e. The van der Waals surface area contributed by atoms with Crippen LogP contribution in [0.5, 0.6) is 0 Å². The van der Waals surface area contributed by atoms with Crippen LogP contribution in [-0.4, -0.2) is 6.71 Å². The molecule has 1 atom stereocenters. The Hall–Kier alpha value is -8.34. The molecule has 0 bridgehead atoms. The van der Waals surface area contributed by atoms with Crippen LogP contribution < -0.4 is 31.1 Å². The Kier molecular flexibility index (Phi) is 7.70. The van der Waals surface area contributed by atoms with Crippen LogP contribution in [0.15, 0.2) is 243 Å². The second-order valence-electron chi connectivity index (χ2n) is 17.6. The average Bonchev–Trinajstić information content (AvgIpc) is 3.83. The molecular weight excluding hydrogens is 786 g/mol. The van der Waals surface area contributed by atoms with Crippen molar-refractivity contribution in [2.45, 2.75) is 5.41 Å². The summed E-state index contributed by atoms with van der Waals surface area (Å²) in [5.41, 5.74) is 24.5. The van der Waals surface area contributed by atoms with Crippen LogP contribution in [0.2, 0.25) is 0 Å². The lowest BCUT2D eigenvalue weighted by Gasteiger charge is -2.44. The van der Waals surface area contributed by atoms with Gasteiger partial charge in [-0.3, -0.25) is 0 Å². The third-order valence-corrected chi connectivity index (χ3v) is 14.4. The van der Waals surface area contributed by atoms with E-state index in [1.54, 1.807) is 0 Å². The lowest BCUT2D eigenvalue weighted by atomic mass is 9.33. The zero-order chi connectivity index (χ0) is 42.6. The molecular formula is C61H40BN3. The first-order valence-electron chi connectivity index (χ1n) is 22.6. The molecule has 10 aromatic rings. The molecule has 2 aliphatic carbocycles. The Labute approximate surface area is 379 Å². The zero-order valence-corrected chi connectivity index (χ0v) is 35.5. The molecule has 0 fully saturated rings. The molecule has 3 nitrogen and oxygen atoms in total. The topological polar surface area (TPSA) is 9.72 Å². The summed E-state index contributed by atoms with van der Waals surface area (Å²) in [6.07, 6.45) is 0. The van der Waals surface area contributed by atoms with Gasteiger partial charge in [0.2, 0.25) is 0 Å². The predicted molar refractivity (Wildman–Crippen MR) is 271 cm³/mol. The molecule has 0 saturated carbocycles. The van der Waals surface area contributed by atoms with Crippen molar-refractivity contribution in [1.29, 1.82) is 0 Å². The van der Waals surface area contributed by atoms with Crippen molar-refractivity contribution < 1.29 is 0 Å². The SMILES string of the molecule is c1ccc(N(c2ccccc2)c2ccc3c(c2)-c2ccccc2C32c3ccccc3-c3cc4c(cc32)N(c2ccccc2)c2cccc3c2B4c2ccccc2N3c2ccccc2)cc1. The molecule has 0 N–H and O–H groups in total. The monoisotopic (exact) mass is 825 g/mol. The number of rotatable bonds is 5. The van der Waals surface area contributed by atoms with E-state index in [1.807, 2.05) is 0 Å². The Balaban J connectivity index is 1.05. The maximum Gasteiger partial charge on any atom is 0.252 e. The average molecular weight is 826 g/mol. The molecule has 14 rings (SSSR count). The van der Waals surface area contributed by atoms with Crippen molar-refractivity contribution in [1.82, 2.24) is 0 Å². The lowest BCUT2D eigenvalue weighted by Crippen LogP contribution is -2.61. The molecule has 0 aromatic heterocycles. The van der Waals surface area contributed by atoms with Crippen LogP contribution in [0.3, 0.4) is 0 Å². The first-order chi connectivity index (χ1) is 32.3. The molecule has 302 valence electrons. The van der Waals surface area contributed by atoms with E-state index in [1.165, 1.54) is 83.6 Å². The highest BCUT2D eigenvalue weighted by Crippen LogP contribution is 2.64. The fourth-order valence-electron chi connectivity index (χ4n) is 12.0. The minimum atomic E-state index is -0.533. The first-order valence-corrected chi connectivity index (χ1v) is 22.6. The summed E-state index contributed by atoms with van der Waals surface area (Å²) >= 11 is 0. The van der Waals surface area contributed by atoms with Gasteiger partial charge in [-0.1, -0.05) is 158 Å². The molecule has 2 heterocycles. The van der Waals surface area contributed by atoms with E-state index in [2.05, 4.69) is 257 Å². The lowest BCUT2D eigenvalue weighted by molar-refractivity contribution is 0.794. The second kappa shape index (κ2) is 13.8. The van der Waals surface area contributed by atoms with E-state index in [-0.39, 0.29) is 6.71 Å². The Morgan fingerprint density at radius 1 is 0.308 bits per heavy atom. The quantitative estimate of drug-likeness (QED) is 0.160. The summed E-state index contributed by atoms with van der Waals surface area (Å²) in [5, 5.41) is 0. The normalized spacial score (nSPS) is 15.4. The van der Waals surface area contributed by atoms with E-state index in [9.17, 15) is 0 Å². The summed E-state index contributed by atoms with van der Waals surface area (Å²) in [5.74, 6) is 0. The van der Waals surface area contributed by atoms with Gasteiger partial charge in [0.1, 0.15) is 0 Å². The van der Waals surface area contributed by atoms with Crippen LogP contribution in [0.1, 0.15) is 22.3 Å². The zero-order valence-electron chi connectivity index (χ0n) is 35.5. The third-order valence-electron chi connectivity index (χ3n) is 14.4. The van der Waals surface area contributed by atoms with E-state index < -0.39 is 5.41 Å². The summed E-state index contributed by atoms with van der Waals surface area (Å²) < 4.78 is 0. The van der Waals surface area contributed by atoms with Crippen LogP contribution in [-0.2, 0) is 5.41 Å². The van der Waals surface area contributed by atoms with Gasteiger partial charge in [0.15, 0.2) is 0 Å². The van der Waals surface area contributed by atoms with E-state index in [4.69, 9.17) is 0 Å². The molecule has 0 amide bonds. The first kappa shape index (κ1) is 36.2. The summed E-state index contributed by atoms with van der Waals surface area (Å²) in [6.45, 7) is 0.0222. The van der Waals surface area contributed by atoms with Crippen LogP contribution >= 0.6 is 0 Å². The van der Waals surface area contributed by atoms with Gasteiger partial charge in [-0.05, 0) is 146 Å². The molecule has 1 spiro atoms. The number of nitrogens with zero attached hydrogens (tertiary/aromatic N) is 3. The Morgan fingerprint density at radius 3 is 1.40 bits per heavy atom. The van der Waals surface area contributed by atoms with Gasteiger partial charge < -0.3 is 14.7 Å². The largest absolute Gasteiger partial charge is 0.311 e. The van der Waals surface area contributed by atoms with Gasteiger partial charge in [-0.2, -0.15) is 0 Å². The highest BCUT2D eigenvalue weighted by atomic mass is 15.2. The summed E-state index contributed by atoms with van der Waals surface area (Å²) in [7, 11) is 0. The van der Waals surface area contributed by atoms with E-state index in [0.29, 0.717) is 0 Å². The molecule has 2 aliphatic heterocycles. The van der Waals surface area contributed by atoms with Gasteiger partial charge in [0, 0.05) is 51.2 Å². The van der Waals surface area contributed by atoms with Gasteiger partial charge in [-0.25, -0.2) is 0 Å². The van der Waals surface area contributed by atoms with Crippen LogP contribution in [0, 0.1) is 0 Å². The van der Waals surface area contributed by atoms with Gasteiger partial charge in [-0.15, -0.1) is 0 Å². The summed E-state index contributed by atoms with van der Waals surface area (Å²) in [6, 6.07) is 90.0. The fourth-order valence-corrected chi connectivity index (χ4v) is 12.0. The second-order valence-corrected chi connectivity index (χ2v) is 17.6. The number of fused-ring (bicyclic) bond motifs is 14. The molecule has 0 radical (unpaired) electrons. The highest BCUT2D eigenvalue weighted by molar-refractivity contribution is 7.00.